The van der Waals surface area contributed by atoms with Crippen molar-refractivity contribution in [3.05, 3.63) is 84.2 Å². The largest absolute Gasteiger partial charge is 0.478 e. The molecule has 2 aromatic carbocycles. The third-order valence-electron chi connectivity index (χ3n) is 5.44. The first kappa shape index (κ1) is 24.4. The van der Waals surface area contributed by atoms with Crippen molar-refractivity contribution in [2.75, 3.05) is 6.61 Å². The van der Waals surface area contributed by atoms with E-state index >= 15 is 0 Å². The van der Waals surface area contributed by atoms with E-state index in [-0.39, 0.29) is 10.5 Å². The average Bonchev–Trinajstić information content (AvgIpc) is 3.37. The maximum absolute atomic E-state index is 13.0. The van der Waals surface area contributed by atoms with Gasteiger partial charge in [-0.15, -0.1) is 0 Å². The van der Waals surface area contributed by atoms with Crippen molar-refractivity contribution < 1.29 is 32.7 Å². The van der Waals surface area contributed by atoms with E-state index in [0.29, 0.717) is 18.6 Å². The number of benzene rings is 2. The highest BCUT2D eigenvalue weighted by Gasteiger charge is 2.17. The fourth-order valence-corrected chi connectivity index (χ4v) is 4.73. The highest BCUT2D eigenvalue weighted by atomic mass is 32.2. The molecule has 1 amide bonds. The van der Waals surface area contributed by atoms with Crippen LogP contribution in [0.5, 0.6) is 0 Å². The SMILES string of the molecule is O=C(/C=C/c1ccn(S(=O)(=O)c2ccc(-c3ccc(C(=O)O)cc3)cc2)c1)NOC1CCCCO1. The first-order chi connectivity index (χ1) is 16.8. The predicted molar refractivity (Wildman–Crippen MR) is 128 cm³/mol. The summed E-state index contributed by atoms with van der Waals surface area (Å²) in [6.45, 7) is 0.598. The number of rotatable bonds is 8. The number of hydrogen-bond donors (Lipinski definition) is 2. The van der Waals surface area contributed by atoms with Crippen molar-refractivity contribution >= 4 is 28.0 Å². The molecule has 1 atom stereocenters. The summed E-state index contributed by atoms with van der Waals surface area (Å²) in [5, 5.41) is 9.01. The van der Waals surface area contributed by atoms with Crippen molar-refractivity contribution in [3.8, 4) is 11.1 Å². The molecule has 0 saturated carbocycles. The average molecular weight is 497 g/mol. The van der Waals surface area contributed by atoms with Gasteiger partial charge in [-0.1, -0.05) is 24.3 Å². The van der Waals surface area contributed by atoms with Crippen LogP contribution < -0.4 is 5.48 Å². The first-order valence-electron chi connectivity index (χ1n) is 11.0. The monoisotopic (exact) mass is 496 g/mol. The molecular weight excluding hydrogens is 472 g/mol. The Morgan fingerprint density at radius 2 is 1.71 bits per heavy atom. The number of aromatic nitrogens is 1. The van der Waals surface area contributed by atoms with Gasteiger partial charge >= 0.3 is 5.97 Å². The molecule has 2 heterocycles. The highest BCUT2D eigenvalue weighted by Crippen LogP contribution is 2.23. The molecule has 35 heavy (non-hydrogen) atoms. The number of carboxylic acid groups (broad SMARTS) is 1. The van der Waals surface area contributed by atoms with E-state index in [1.807, 2.05) is 0 Å². The van der Waals surface area contributed by atoms with Crippen LogP contribution in [0.4, 0.5) is 0 Å². The second-order valence-corrected chi connectivity index (χ2v) is 9.74. The summed E-state index contributed by atoms with van der Waals surface area (Å²) < 4.78 is 32.4. The van der Waals surface area contributed by atoms with Crippen LogP contribution in [0.2, 0.25) is 0 Å². The summed E-state index contributed by atoms with van der Waals surface area (Å²) >= 11 is 0. The summed E-state index contributed by atoms with van der Waals surface area (Å²) in [6.07, 6.45) is 7.74. The van der Waals surface area contributed by atoms with Crippen LogP contribution in [-0.2, 0) is 24.4 Å². The Kier molecular flexibility index (Phi) is 7.45. The molecule has 1 aliphatic rings. The van der Waals surface area contributed by atoms with Crippen LogP contribution in [0.15, 0.2) is 78.0 Å². The Morgan fingerprint density at radius 1 is 1.03 bits per heavy atom. The zero-order valence-corrected chi connectivity index (χ0v) is 19.5. The Labute approximate surface area is 202 Å². The lowest BCUT2D eigenvalue weighted by Crippen LogP contribution is -2.32. The van der Waals surface area contributed by atoms with Crippen LogP contribution in [0.25, 0.3) is 17.2 Å². The fraction of sp³-hybridized carbons (Fsp3) is 0.200. The molecule has 2 N–H and O–H groups in total. The van der Waals surface area contributed by atoms with Crippen LogP contribution >= 0.6 is 0 Å². The van der Waals surface area contributed by atoms with Crippen molar-refractivity contribution in [1.29, 1.82) is 0 Å². The molecule has 182 valence electrons. The lowest BCUT2D eigenvalue weighted by Gasteiger charge is -2.21. The third-order valence-corrected chi connectivity index (χ3v) is 7.09. The number of ether oxygens (including phenoxy) is 1. The molecule has 1 aliphatic heterocycles. The molecule has 0 bridgehead atoms. The zero-order valence-electron chi connectivity index (χ0n) is 18.7. The van der Waals surface area contributed by atoms with Gasteiger partial charge in [0.1, 0.15) is 0 Å². The molecule has 9 nitrogen and oxygen atoms in total. The molecule has 1 saturated heterocycles. The minimum atomic E-state index is -3.84. The van der Waals surface area contributed by atoms with Gasteiger partial charge in [-0.2, -0.15) is 0 Å². The zero-order chi connectivity index (χ0) is 24.8. The molecule has 1 aromatic heterocycles. The van der Waals surface area contributed by atoms with E-state index in [0.717, 1.165) is 27.9 Å². The normalized spacial score (nSPS) is 16.3. The lowest BCUT2D eigenvalue weighted by molar-refractivity contribution is -0.198. The number of nitrogens with zero attached hydrogens (tertiary/aromatic N) is 1. The smallest absolute Gasteiger partial charge is 0.335 e. The van der Waals surface area contributed by atoms with E-state index in [2.05, 4.69) is 5.48 Å². The number of nitrogens with one attached hydrogen (secondary N) is 1. The van der Waals surface area contributed by atoms with Gasteiger partial charge in [0, 0.05) is 31.5 Å². The summed E-state index contributed by atoms with van der Waals surface area (Å²) in [5.41, 5.74) is 4.53. The standard InChI is InChI=1S/C25H24N2O7S/c28-23(26-34-24-3-1-2-16-33-24)13-4-18-14-15-27(17-18)35(31,32)22-11-9-20(10-12-22)19-5-7-21(8-6-19)25(29)30/h4-15,17,24H,1-3,16H2,(H,26,28)(H,29,30)/b13-4+. The second-order valence-electron chi connectivity index (χ2n) is 7.90. The number of amides is 1. The van der Waals surface area contributed by atoms with E-state index < -0.39 is 28.2 Å². The molecule has 1 unspecified atom stereocenters. The second kappa shape index (κ2) is 10.7. The van der Waals surface area contributed by atoms with E-state index in [1.54, 1.807) is 30.3 Å². The predicted octanol–water partition coefficient (Wildman–Crippen LogP) is 3.68. The Bertz CT molecular complexity index is 1320. The molecule has 0 aliphatic carbocycles. The quantitative estimate of drug-likeness (QED) is 0.360. The van der Waals surface area contributed by atoms with Gasteiger partial charge in [0.2, 0.25) is 0 Å². The molecular formula is C25H24N2O7S. The number of hydrogen-bond acceptors (Lipinski definition) is 6. The van der Waals surface area contributed by atoms with E-state index in [9.17, 15) is 18.0 Å². The van der Waals surface area contributed by atoms with Crippen molar-refractivity contribution in [1.82, 2.24) is 9.45 Å². The van der Waals surface area contributed by atoms with Crippen LogP contribution in [0.3, 0.4) is 0 Å². The number of hydroxylamine groups is 1. The first-order valence-corrected chi connectivity index (χ1v) is 12.4. The minimum Gasteiger partial charge on any atom is -0.478 e. The Morgan fingerprint density at radius 3 is 2.34 bits per heavy atom. The Balaban J connectivity index is 1.40. The van der Waals surface area contributed by atoms with Gasteiger partial charge in [0.15, 0.2) is 6.29 Å². The third kappa shape index (κ3) is 6.04. The van der Waals surface area contributed by atoms with Crippen LogP contribution in [-0.4, -0.2) is 42.3 Å². The maximum Gasteiger partial charge on any atom is 0.335 e. The van der Waals surface area contributed by atoms with Gasteiger partial charge in [-0.3, -0.25) is 4.79 Å². The Hall–Kier alpha value is -3.73. The summed E-state index contributed by atoms with van der Waals surface area (Å²) in [7, 11) is -3.84. The summed E-state index contributed by atoms with van der Waals surface area (Å²) in [5.74, 6) is -1.50. The molecule has 10 heteroatoms. The van der Waals surface area contributed by atoms with Gasteiger partial charge in [-0.05, 0) is 65.9 Å². The maximum atomic E-state index is 13.0. The number of aromatic carboxylic acids is 1. The molecule has 4 rings (SSSR count). The molecule has 0 spiro atoms. The van der Waals surface area contributed by atoms with Crippen LogP contribution in [0.1, 0.15) is 35.2 Å². The molecule has 3 aromatic rings. The minimum absolute atomic E-state index is 0.0909. The van der Waals surface area contributed by atoms with Gasteiger partial charge < -0.3 is 9.84 Å². The topological polar surface area (TPSA) is 124 Å². The van der Waals surface area contributed by atoms with Gasteiger partial charge in [0.05, 0.1) is 10.5 Å². The van der Waals surface area contributed by atoms with Crippen molar-refractivity contribution in [2.45, 2.75) is 30.4 Å². The van der Waals surface area contributed by atoms with E-state index in [1.165, 1.54) is 48.8 Å². The lowest BCUT2D eigenvalue weighted by atomic mass is 10.0. The van der Waals surface area contributed by atoms with E-state index in [4.69, 9.17) is 14.7 Å². The van der Waals surface area contributed by atoms with Crippen molar-refractivity contribution in [2.24, 2.45) is 0 Å². The fourth-order valence-electron chi connectivity index (χ4n) is 3.52. The van der Waals surface area contributed by atoms with Crippen LogP contribution in [0, 0.1) is 0 Å². The number of carbonyl (C=O) groups excluding carboxylic acids is 1. The number of carbonyl (C=O) groups is 2. The molecule has 1 fully saturated rings. The molecule has 0 radical (unpaired) electrons. The van der Waals surface area contributed by atoms with Gasteiger partial charge in [-0.25, -0.2) is 27.5 Å². The number of carboxylic acids is 1. The van der Waals surface area contributed by atoms with Crippen molar-refractivity contribution in [3.63, 3.8) is 0 Å². The summed E-state index contributed by atoms with van der Waals surface area (Å²) in [4.78, 5) is 28.3. The van der Waals surface area contributed by atoms with Gasteiger partial charge in [0.25, 0.3) is 15.9 Å². The summed E-state index contributed by atoms with van der Waals surface area (Å²) in [6, 6.07) is 14.2. The highest BCUT2D eigenvalue weighted by molar-refractivity contribution is 7.90.